The first-order valence-corrected chi connectivity index (χ1v) is 10.0. The van der Waals surface area contributed by atoms with E-state index in [0.717, 1.165) is 22.4 Å². The van der Waals surface area contributed by atoms with Crippen molar-refractivity contribution in [2.24, 2.45) is 0 Å². The van der Waals surface area contributed by atoms with Crippen LogP contribution in [0.25, 0.3) is 0 Å². The zero-order valence-electron chi connectivity index (χ0n) is 16.0. The first-order chi connectivity index (χ1) is 12.6. The lowest BCUT2D eigenvalue weighted by atomic mass is 9.94. The molecule has 0 aliphatic heterocycles. The molecule has 0 saturated carbocycles. The first kappa shape index (κ1) is 20.9. The number of nitrogens with zero attached hydrogens (tertiary/aromatic N) is 1. The number of ether oxygens (including phenoxy) is 1. The summed E-state index contributed by atoms with van der Waals surface area (Å²) in [6.07, 6.45) is 0. The maximum atomic E-state index is 12.6. The molecule has 0 bridgehead atoms. The lowest BCUT2D eigenvalue weighted by Gasteiger charge is -2.21. The molecule has 146 valence electrons. The fraction of sp³-hybridized carbons (Fsp3) is 0.368. The number of sulfonamides is 1. The number of benzene rings is 2. The molecule has 0 heterocycles. The van der Waals surface area contributed by atoms with Crippen LogP contribution in [0.3, 0.4) is 0 Å². The number of nitro benzene ring substituents is 1. The molecule has 2 aromatic carbocycles. The second-order valence-corrected chi connectivity index (χ2v) is 8.41. The van der Waals surface area contributed by atoms with Gasteiger partial charge in [0.05, 0.1) is 16.9 Å². The summed E-state index contributed by atoms with van der Waals surface area (Å²) in [5.74, 6) is 0.995. The molecule has 2 rings (SSSR count). The Bertz CT molecular complexity index is 937. The summed E-state index contributed by atoms with van der Waals surface area (Å²) in [5.41, 5.74) is 2.61. The second kappa shape index (κ2) is 8.06. The average molecular weight is 392 g/mol. The molecule has 0 aliphatic rings. The number of rotatable bonds is 7. The molecular weight excluding hydrogens is 368 g/mol. The van der Waals surface area contributed by atoms with Gasteiger partial charge >= 0.3 is 0 Å². The number of non-ortho nitro benzene ring substituents is 1. The monoisotopic (exact) mass is 392 g/mol. The molecule has 0 spiro atoms. The largest absolute Gasteiger partial charge is 0.496 e. The van der Waals surface area contributed by atoms with Crippen LogP contribution in [0.2, 0.25) is 0 Å². The molecule has 1 atom stereocenters. The Morgan fingerprint density at radius 2 is 1.67 bits per heavy atom. The van der Waals surface area contributed by atoms with Crippen LogP contribution in [0.1, 0.15) is 49.4 Å². The van der Waals surface area contributed by atoms with Crippen molar-refractivity contribution < 1.29 is 18.1 Å². The Hall–Kier alpha value is -2.45. The van der Waals surface area contributed by atoms with E-state index in [4.69, 9.17) is 4.74 Å². The van der Waals surface area contributed by atoms with Gasteiger partial charge in [0.15, 0.2) is 0 Å². The normalized spacial score (nSPS) is 12.8. The van der Waals surface area contributed by atoms with Gasteiger partial charge in [-0.1, -0.05) is 13.8 Å². The molecule has 0 radical (unpaired) electrons. The topological polar surface area (TPSA) is 98.5 Å². The minimum absolute atomic E-state index is 0.0183. The van der Waals surface area contributed by atoms with E-state index < -0.39 is 21.0 Å². The third-order valence-electron chi connectivity index (χ3n) is 4.40. The third-order valence-corrected chi connectivity index (χ3v) is 5.95. The van der Waals surface area contributed by atoms with Crippen LogP contribution in [-0.2, 0) is 10.0 Å². The van der Waals surface area contributed by atoms with Crippen molar-refractivity contribution in [3.8, 4) is 5.75 Å². The van der Waals surface area contributed by atoms with Crippen molar-refractivity contribution in [2.45, 2.75) is 44.6 Å². The van der Waals surface area contributed by atoms with Crippen LogP contribution in [0.5, 0.6) is 5.75 Å². The number of methoxy groups -OCH3 is 1. The van der Waals surface area contributed by atoms with Crippen molar-refractivity contribution in [1.29, 1.82) is 0 Å². The van der Waals surface area contributed by atoms with Crippen LogP contribution >= 0.6 is 0 Å². The summed E-state index contributed by atoms with van der Waals surface area (Å²) in [6.45, 7) is 7.76. The highest BCUT2D eigenvalue weighted by atomic mass is 32.2. The third kappa shape index (κ3) is 4.64. The van der Waals surface area contributed by atoms with Gasteiger partial charge in [-0.3, -0.25) is 10.1 Å². The van der Waals surface area contributed by atoms with Gasteiger partial charge in [0.25, 0.3) is 5.69 Å². The maximum Gasteiger partial charge on any atom is 0.269 e. The molecule has 1 N–H and O–H groups in total. The van der Waals surface area contributed by atoms with Crippen LogP contribution in [0, 0.1) is 17.0 Å². The molecule has 2 aromatic rings. The number of hydrogen-bond donors (Lipinski definition) is 1. The standard InChI is InChI=1S/C19H24N2O5S/c1-12(2)17-11-18(13(3)10-19(17)26-5)14(4)20-27(24,25)16-8-6-15(7-9-16)21(22)23/h6-12,14,20H,1-5H3/t14-/m1/s1. The zero-order valence-corrected chi connectivity index (χ0v) is 16.8. The minimum atomic E-state index is -3.82. The van der Waals surface area contributed by atoms with Crippen LogP contribution in [-0.4, -0.2) is 20.5 Å². The smallest absolute Gasteiger partial charge is 0.269 e. The lowest BCUT2D eigenvalue weighted by molar-refractivity contribution is -0.384. The van der Waals surface area contributed by atoms with Crippen molar-refractivity contribution >= 4 is 15.7 Å². The Kier molecular flexibility index (Phi) is 6.22. The summed E-state index contributed by atoms with van der Waals surface area (Å²) in [4.78, 5) is 10.1. The van der Waals surface area contributed by atoms with Crippen molar-refractivity contribution in [3.05, 3.63) is 63.2 Å². The van der Waals surface area contributed by atoms with Crippen molar-refractivity contribution in [3.63, 3.8) is 0 Å². The predicted octanol–water partition coefficient (Wildman–Crippen LogP) is 4.07. The quantitative estimate of drug-likeness (QED) is 0.565. The van der Waals surface area contributed by atoms with Gasteiger partial charge in [-0.05, 0) is 60.7 Å². The molecule has 27 heavy (non-hydrogen) atoms. The highest BCUT2D eigenvalue weighted by Crippen LogP contribution is 2.32. The van der Waals surface area contributed by atoms with Gasteiger partial charge in [-0.15, -0.1) is 0 Å². The van der Waals surface area contributed by atoms with Gasteiger partial charge < -0.3 is 4.74 Å². The van der Waals surface area contributed by atoms with Crippen LogP contribution in [0.4, 0.5) is 5.69 Å². The summed E-state index contributed by atoms with van der Waals surface area (Å²) in [5, 5.41) is 10.7. The fourth-order valence-corrected chi connectivity index (χ4v) is 4.14. The van der Waals surface area contributed by atoms with E-state index in [0.29, 0.717) is 0 Å². The Morgan fingerprint density at radius 1 is 1.07 bits per heavy atom. The maximum absolute atomic E-state index is 12.6. The number of hydrogen-bond acceptors (Lipinski definition) is 5. The Balaban J connectivity index is 2.34. The molecule has 8 heteroatoms. The Labute approximate surface area is 159 Å². The summed E-state index contributed by atoms with van der Waals surface area (Å²) in [6, 6.07) is 8.20. The molecule has 0 aliphatic carbocycles. The molecular formula is C19H24N2O5S. The average Bonchev–Trinajstić information content (AvgIpc) is 2.60. The van der Waals surface area contributed by atoms with E-state index in [1.54, 1.807) is 14.0 Å². The molecule has 0 unspecified atom stereocenters. The van der Waals surface area contributed by atoms with E-state index in [9.17, 15) is 18.5 Å². The predicted molar refractivity (Wildman–Crippen MR) is 104 cm³/mol. The lowest BCUT2D eigenvalue weighted by Crippen LogP contribution is -2.27. The molecule has 0 saturated heterocycles. The van der Waals surface area contributed by atoms with Gasteiger partial charge in [-0.25, -0.2) is 13.1 Å². The first-order valence-electron chi connectivity index (χ1n) is 8.52. The fourth-order valence-electron chi connectivity index (χ4n) is 2.92. The Morgan fingerprint density at radius 3 is 2.15 bits per heavy atom. The van der Waals surface area contributed by atoms with Gasteiger partial charge in [-0.2, -0.15) is 0 Å². The summed E-state index contributed by atoms with van der Waals surface area (Å²) < 4.78 is 33.4. The molecule has 7 nitrogen and oxygen atoms in total. The molecule has 0 aromatic heterocycles. The van der Waals surface area contributed by atoms with Crippen LogP contribution < -0.4 is 9.46 Å². The summed E-state index contributed by atoms with van der Waals surface area (Å²) in [7, 11) is -2.21. The van der Waals surface area contributed by atoms with Crippen LogP contribution in [0.15, 0.2) is 41.3 Å². The van der Waals surface area contributed by atoms with Gasteiger partial charge in [0.2, 0.25) is 10.0 Å². The highest BCUT2D eigenvalue weighted by molar-refractivity contribution is 7.89. The van der Waals surface area contributed by atoms with E-state index in [1.165, 1.54) is 24.3 Å². The zero-order chi connectivity index (χ0) is 20.4. The van der Waals surface area contributed by atoms with E-state index >= 15 is 0 Å². The molecule has 0 amide bonds. The van der Waals surface area contributed by atoms with E-state index in [2.05, 4.69) is 4.72 Å². The highest BCUT2D eigenvalue weighted by Gasteiger charge is 2.22. The SMILES string of the molecule is COc1cc(C)c([C@@H](C)NS(=O)(=O)c2ccc([N+](=O)[O-])cc2)cc1C(C)C. The van der Waals surface area contributed by atoms with E-state index in [-0.39, 0.29) is 16.5 Å². The van der Waals surface area contributed by atoms with Gasteiger partial charge in [0.1, 0.15) is 5.75 Å². The second-order valence-electron chi connectivity index (χ2n) is 6.70. The summed E-state index contributed by atoms with van der Waals surface area (Å²) >= 11 is 0. The number of nitrogens with one attached hydrogen (secondary N) is 1. The minimum Gasteiger partial charge on any atom is -0.496 e. The van der Waals surface area contributed by atoms with Gasteiger partial charge in [0, 0.05) is 18.2 Å². The van der Waals surface area contributed by atoms with E-state index in [1.807, 2.05) is 32.9 Å². The van der Waals surface area contributed by atoms with Crippen molar-refractivity contribution in [1.82, 2.24) is 4.72 Å². The number of nitro groups is 1. The van der Waals surface area contributed by atoms with Crippen molar-refractivity contribution in [2.75, 3.05) is 7.11 Å². The number of aryl methyl sites for hydroxylation is 1. The molecule has 0 fully saturated rings.